The minimum Gasteiger partial charge on any atom is -0.461 e. The van der Waals surface area contributed by atoms with Gasteiger partial charge in [-0.2, -0.15) is 5.26 Å². The third kappa shape index (κ3) is 6.46. The van der Waals surface area contributed by atoms with Gasteiger partial charge in [-0.05, 0) is 49.7 Å². The van der Waals surface area contributed by atoms with Gasteiger partial charge in [-0.1, -0.05) is 50.3 Å². The van der Waals surface area contributed by atoms with E-state index in [1.54, 1.807) is 30.3 Å². The summed E-state index contributed by atoms with van der Waals surface area (Å²) in [5, 5.41) is 9.66. The van der Waals surface area contributed by atoms with E-state index in [-0.39, 0.29) is 11.3 Å². The Kier molecular flexibility index (Phi) is 8.08. The largest absolute Gasteiger partial charge is 0.461 e. The lowest BCUT2D eigenvalue weighted by Crippen LogP contribution is -2.19. The summed E-state index contributed by atoms with van der Waals surface area (Å²) in [5.74, 6) is -0.324. The lowest BCUT2D eigenvalue weighted by atomic mass is 10.1. The maximum atomic E-state index is 12.9. The molecular weight excluding hydrogens is 432 g/mol. The smallest absolute Gasteiger partial charge is 0.330 e. The Morgan fingerprint density at radius 1 is 1.12 bits per heavy atom. The normalized spacial score (nSPS) is 19.3. The lowest BCUT2D eigenvalue weighted by Gasteiger charge is -2.13. The van der Waals surface area contributed by atoms with Crippen molar-refractivity contribution in [1.29, 1.82) is 5.26 Å². The van der Waals surface area contributed by atoms with Crippen molar-refractivity contribution in [1.82, 2.24) is 4.90 Å². The van der Waals surface area contributed by atoms with Crippen LogP contribution in [0, 0.1) is 28.6 Å². The molecule has 1 aliphatic rings. The van der Waals surface area contributed by atoms with Gasteiger partial charge in [-0.25, -0.2) is 4.79 Å². The molecule has 0 radical (unpaired) electrons. The monoisotopic (exact) mass is 462 g/mol. The highest BCUT2D eigenvalue weighted by molar-refractivity contribution is 5.83. The first-order valence-corrected chi connectivity index (χ1v) is 11.1. The number of nitriles is 1. The van der Waals surface area contributed by atoms with Crippen LogP contribution in [0.3, 0.4) is 0 Å². The number of hydrogen-bond acceptors (Lipinski definition) is 7. The first-order chi connectivity index (χ1) is 16.2. The number of likely N-dealkylation sites (N-methyl/N-ethyl adjacent to an activating group) is 1. The number of rotatable bonds is 10. The molecule has 2 aromatic carbocycles. The summed E-state index contributed by atoms with van der Waals surface area (Å²) < 4.78 is 16.5. The molecule has 0 aromatic heterocycles. The molecule has 0 spiro atoms. The molecule has 1 aliphatic carbocycles. The first-order valence-electron chi connectivity index (χ1n) is 11.1. The maximum Gasteiger partial charge on any atom is 0.330 e. The molecule has 7 heteroatoms. The molecule has 0 saturated heterocycles. The van der Waals surface area contributed by atoms with E-state index in [0.29, 0.717) is 30.2 Å². The average molecular weight is 463 g/mol. The Balaban J connectivity index is 1.60. The number of nitrogens with zero attached hydrogens (tertiary/aromatic N) is 2. The van der Waals surface area contributed by atoms with Crippen LogP contribution in [-0.4, -0.2) is 44.1 Å². The van der Waals surface area contributed by atoms with Gasteiger partial charge >= 0.3 is 11.9 Å². The van der Waals surface area contributed by atoms with E-state index in [2.05, 4.69) is 6.07 Å². The molecule has 0 heterocycles. The van der Waals surface area contributed by atoms with Crippen molar-refractivity contribution < 1.29 is 23.8 Å². The Labute approximate surface area is 200 Å². The lowest BCUT2D eigenvalue weighted by molar-refractivity contribution is -0.149. The summed E-state index contributed by atoms with van der Waals surface area (Å²) in [6.07, 6.45) is 1.99. The molecule has 0 bridgehead atoms. The first kappa shape index (κ1) is 25.0. The van der Waals surface area contributed by atoms with Crippen LogP contribution < -0.4 is 4.74 Å². The molecule has 178 valence electrons. The van der Waals surface area contributed by atoms with Crippen molar-refractivity contribution >= 4 is 11.9 Å². The van der Waals surface area contributed by atoms with E-state index in [1.165, 1.54) is 6.08 Å². The number of benzene rings is 2. The molecule has 0 aliphatic heterocycles. The fraction of sp³-hybridized carbons (Fsp3) is 0.370. The molecule has 3 atom stereocenters. The van der Waals surface area contributed by atoms with Gasteiger partial charge in [0.2, 0.25) is 6.10 Å². The Morgan fingerprint density at radius 2 is 1.82 bits per heavy atom. The zero-order valence-corrected chi connectivity index (χ0v) is 19.9. The SMILES string of the molecule is CN(C)CCOC(=O)/C=C\[C@H]1[C@@H](C(=O)OC(C#N)c2cccc(Oc3ccccc3)c2)C1(C)C. The second-order valence-corrected chi connectivity index (χ2v) is 9.09. The van der Waals surface area contributed by atoms with Gasteiger partial charge in [0.05, 0.1) is 5.92 Å². The summed E-state index contributed by atoms with van der Waals surface area (Å²) in [5.41, 5.74) is 0.148. The molecule has 0 amide bonds. The Bertz CT molecular complexity index is 1070. The van der Waals surface area contributed by atoms with E-state index in [9.17, 15) is 14.9 Å². The second-order valence-electron chi connectivity index (χ2n) is 9.09. The Hall–Kier alpha value is -3.63. The fourth-order valence-corrected chi connectivity index (χ4v) is 3.77. The van der Waals surface area contributed by atoms with Crippen LogP contribution in [-0.2, 0) is 19.1 Å². The van der Waals surface area contributed by atoms with Gasteiger partial charge in [-0.15, -0.1) is 0 Å². The van der Waals surface area contributed by atoms with Crippen molar-refractivity contribution in [3.8, 4) is 17.6 Å². The summed E-state index contributed by atoms with van der Waals surface area (Å²) in [6, 6.07) is 18.3. The third-order valence-corrected chi connectivity index (χ3v) is 5.88. The number of para-hydroxylation sites is 1. The quantitative estimate of drug-likeness (QED) is 0.379. The second kappa shape index (κ2) is 11.0. The predicted octanol–water partition coefficient (Wildman–Crippen LogP) is 4.52. The number of carbonyl (C=O) groups is 2. The predicted molar refractivity (Wildman–Crippen MR) is 127 cm³/mol. The molecule has 1 saturated carbocycles. The molecule has 1 unspecified atom stereocenters. The highest BCUT2D eigenvalue weighted by atomic mass is 16.5. The molecular formula is C27H30N2O5. The van der Waals surface area contributed by atoms with Crippen LogP contribution in [0.15, 0.2) is 66.7 Å². The summed E-state index contributed by atoms with van der Waals surface area (Å²) in [6.45, 7) is 4.80. The van der Waals surface area contributed by atoms with Crippen LogP contribution in [0.5, 0.6) is 11.5 Å². The minimum atomic E-state index is -1.07. The van der Waals surface area contributed by atoms with Crippen LogP contribution in [0.2, 0.25) is 0 Å². The van der Waals surface area contributed by atoms with E-state index >= 15 is 0 Å². The molecule has 3 rings (SSSR count). The number of carbonyl (C=O) groups excluding carboxylic acids is 2. The molecule has 0 N–H and O–H groups in total. The van der Waals surface area contributed by atoms with Crippen molar-refractivity contribution in [2.24, 2.45) is 17.3 Å². The van der Waals surface area contributed by atoms with Crippen molar-refractivity contribution in [3.05, 3.63) is 72.3 Å². The highest BCUT2D eigenvalue weighted by Gasteiger charge is 2.61. The summed E-state index contributed by atoms with van der Waals surface area (Å²) in [7, 11) is 3.79. The minimum absolute atomic E-state index is 0.173. The van der Waals surface area contributed by atoms with Gasteiger partial charge in [0.1, 0.15) is 24.2 Å². The van der Waals surface area contributed by atoms with E-state index in [4.69, 9.17) is 14.2 Å². The highest BCUT2D eigenvalue weighted by Crippen LogP contribution is 2.59. The summed E-state index contributed by atoms with van der Waals surface area (Å²) >= 11 is 0. The van der Waals surface area contributed by atoms with Gasteiger partial charge in [0.15, 0.2) is 0 Å². The topological polar surface area (TPSA) is 88.9 Å². The fourth-order valence-electron chi connectivity index (χ4n) is 3.77. The van der Waals surface area contributed by atoms with Gasteiger partial charge < -0.3 is 19.1 Å². The van der Waals surface area contributed by atoms with Gasteiger partial charge in [0, 0.05) is 18.2 Å². The van der Waals surface area contributed by atoms with Crippen LogP contribution in [0.1, 0.15) is 25.5 Å². The number of esters is 2. The molecule has 7 nitrogen and oxygen atoms in total. The standard InChI is InChI=1S/C27H30N2O5/c1-27(2)22(13-14-24(30)32-16-15-29(3)4)25(27)26(31)34-23(18-28)19-9-8-12-21(17-19)33-20-10-6-5-7-11-20/h5-14,17,22-23,25H,15-16H2,1-4H3/b14-13-/t22-,23?,25-/m0/s1. The summed E-state index contributed by atoms with van der Waals surface area (Å²) in [4.78, 5) is 26.7. The van der Waals surface area contributed by atoms with Crippen molar-refractivity contribution in [2.45, 2.75) is 20.0 Å². The molecule has 34 heavy (non-hydrogen) atoms. The van der Waals surface area contributed by atoms with E-state index in [0.717, 1.165) is 0 Å². The zero-order chi connectivity index (χ0) is 24.7. The Morgan fingerprint density at radius 3 is 2.50 bits per heavy atom. The van der Waals surface area contributed by atoms with E-state index < -0.39 is 24.0 Å². The van der Waals surface area contributed by atoms with Crippen LogP contribution in [0.25, 0.3) is 0 Å². The zero-order valence-electron chi connectivity index (χ0n) is 19.9. The van der Waals surface area contributed by atoms with Gasteiger partial charge in [0.25, 0.3) is 0 Å². The molecule has 1 fully saturated rings. The average Bonchev–Trinajstić information content (AvgIpc) is 3.36. The third-order valence-electron chi connectivity index (χ3n) is 5.88. The number of allylic oxidation sites excluding steroid dienone is 1. The van der Waals surface area contributed by atoms with Crippen molar-refractivity contribution in [3.63, 3.8) is 0 Å². The number of hydrogen-bond donors (Lipinski definition) is 0. The maximum absolute atomic E-state index is 12.9. The number of ether oxygens (including phenoxy) is 3. The molecule has 2 aromatic rings. The van der Waals surface area contributed by atoms with Gasteiger partial charge in [-0.3, -0.25) is 4.79 Å². The van der Waals surface area contributed by atoms with Crippen LogP contribution in [0.4, 0.5) is 0 Å². The van der Waals surface area contributed by atoms with E-state index in [1.807, 2.05) is 63.2 Å². The van der Waals surface area contributed by atoms with Crippen LogP contribution >= 0.6 is 0 Å². The van der Waals surface area contributed by atoms with Crippen molar-refractivity contribution in [2.75, 3.05) is 27.2 Å².